The molecular weight excluding hydrogens is 134 g/mol. The van der Waals surface area contributed by atoms with Gasteiger partial charge in [-0.05, 0) is 12.3 Å². The normalized spacial score (nSPS) is 12.1. The molecule has 54 valence electrons. The molecule has 9 heavy (non-hydrogen) atoms. The fraction of sp³-hybridized carbons (Fsp3) is 0.667. The molecule has 0 atom stereocenters. The van der Waals surface area contributed by atoms with Gasteiger partial charge in [-0.2, -0.15) is 12.6 Å². The van der Waals surface area contributed by atoms with Gasteiger partial charge < -0.3 is 10.4 Å². The van der Waals surface area contributed by atoms with Crippen molar-refractivity contribution in [1.29, 1.82) is 0 Å². The standard InChI is InChI=1S/C6H13NOS/c1-6(5-9)4-7-2-3-8/h5,7-9H,2-4H2,1H3/b6-5+. The molecule has 0 amide bonds. The van der Waals surface area contributed by atoms with Gasteiger partial charge in [0.25, 0.3) is 0 Å². The Labute approximate surface area is 61.4 Å². The first-order valence-corrected chi connectivity index (χ1v) is 3.44. The Kier molecular flexibility index (Phi) is 6.14. The van der Waals surface area contributed by atoms with E-state index in [1.807, 2.05) is 6.92 Å². The second-order valence-corrected chi connectivity index (χ2v) is 2.13. The van der Waals surface area contributed by atoms with Crippen LogP contribution >= 0.6 is 12.6 Å². The maximum absolute atomic E-state index is 8.35. The van der Waals surface area contributed by atoms with Crippen molar-refractivity contribution < 1.29 is 5.11 Å². The minimum atomic E-state index is 0.194. The topological polar surface area (TPSA) is 32.3 Å². The lowest BCUT2D eigenvalue weighted by molar-refractivity contribution is 0.294. The van der Waals surface area contributed by atoms with Crippen molar-refractivity contribution in [3.8, 4) is 0 Å². The van der Waals surface area contributed by atoms with Crippen LogP contribution in [0.15, 0.2) is 11.0 Å². The van der Waals surface area contributed by atoms with Gasteiger partial charge in [0.15, 0.2) is 0 Å². The molecule has 0 aromatic heterocycles. The van der Waals surface area contributed by atoms with Gasteiger partial charge in [0.2, 0.25) is 0 Å². The van der Waals surface area contributed by atoms with Crippen LogP contribution < -0.4 is 5.32 Å². The van der Waals surface area contributed by atoms with E-state index in [2.05, 4.69) is 17.9 Å². The smallest absolute Gasteiger partial charge is 0.0556 e. The van der Waals surface area contributed by atoms with E-state index in [-0.39, 0.29) is 6.61 Å². The van der Waals surface area contributed by atoms with Gasteiger partial charge in [-0.1, -0.05) is 5.57 Å². The molecule has 0 spiro atoms. The molecule has 0 aromatic rings. The van der Waals surface area contributed by atoms with E-state index < -0.39 is 0 Å². The van der Waals surface area contributed by atoms with Crippen molar-refractivity contribution in [2.45, 2.75) is 6.92 Å². The molecule has 0 heterocycles. The van der Waals surface area contributed by atoms with E-state index in [1.54, 1.807) is 5.41 Å². The van der Waals surface area contributed by atoms with Crippen molar-refractivity contribution in [2.24, 2.45) is 0 Å². The number of hydrogen-bond acceptors (Lipinski definition) is 3. The molecule has 0 rings (SSSR count). The van der Waals surface area contributed by atoms with Crippen molar-refractivity contribution in [1.82, 2.24) is 5.32 Å². The summed E-state index contributed by atoms with van der Waals surface area (Å²) in [5.74, 6) is 0. The molecule has 0 bridgehead atoms. The van der Waals surface area contributed by atoms with Crippen LogP contribution in [0.25, 0.3) is 0 Å². The summed E-state index contributed by atoms with van der Waals surface area (Å²) in [5.41, 5.74) is 1.17. The van der Waals surface area contributed by atoms with E-state index in [0.29, 0.717) is 6.54 Å². The van der Waals surface area contributed by atoms with E-state index in [1.165, 1.54) is 5.57 Å². The van der Waals surface area contributed by atoms with Crippen molar-refractivity contribution >= 4 is 12.6 Å². The number of hydrogen-bond donors (Lipinski definition) is 3. The Hall–Kier alpha value is 0.01000. The highest BCUT2D eigenvalue weighted by atomic mass is 32.1. The molecule has 2 N–H and O–H groups in total. The quantitative estimate of drug-likeness (QED) is 0.397. The van der Waals surface area contributed by atoms with E-state index in [0.717, 1.165) is 6.54 Å². The molecule has 0 fully saturated rings. The number of aliphatic hydroxyl groups excluding tert-OH is 1. The fourth-order valence-electron chi connectivity index (χ4n) is 0.410. The van der Waals surface area contributed by atoms with Gasteiger partial charge in [0.05, 0.1) is 6.61 Å². The third-order valence-electron chi connectivity index (χ3n) is 0.913. The first-order chi connectivity index (χ1) is 4.31. The van der Waals surface area contributed by atoms with Crippen molar-refractivity contribution in [2.75, 3.05) is 19.7 Å². The predicted molar refractivity (Wildman–Crippen MR) is 42.7 cm³/mol. The molecule has 0 saturated carbocycles. The third-order valence-corrected chi connectivity index (χ3v) is 1.35. The summed E-state index contributed by atoms with van der Waals surface area (Å²) in [7, 11) is 0. The second-order valence-electron chi connectivity index (χ2n) is 1.88. The lowest BCUT2D eigenvalue weighted by atomic mass is 10.3. The van der Waals surface area contributed by atoms with Crippen LogP contribution in [0.1, 0.15) is 6.92 Å². The lowest BCUT2D eigenvalue weighted by Gasteiger charge is -1.99. The van der Waals surface area contributed by atoms with Crippen molar-refractivity contribution in [3.63, 3.8) is 0 Å². The molecule has 2 nitrogen and oxygen atoms in total. The van der Waals surface area contributed by atoms with Crippen LogP contribution in [0.2, 0.25) is 0 Å². The number of thiol groups is 1. The summed E-state index contributed by atoms with van der Waals surface area (Å²) in [6.45, 7) is 3.64. The summed E-state index contributed by atoms with van der Waals surface area (Å²) in [4.78, 5) is 0. The minimum absolute atomic E-state index is 0.194. The summed E-state index contributed by atoms with van der Waals surface area (Å²) >= 11 is 3.95. The van der Waals surface area contributed by atoms with Gasteiger partial charge in [0.1, 0.15) is 0 Å². The summed E-state index contributed by atoms with van der Waals surface area (Å²) in [6.07, 6.45) is 0. The molecule has 0 unspecified atom stereocenters. The van der Waals surface area contributed by atoms with Gasteiger partial charge >= 0.3 is 0 Å². The molecular formula is C6H13NOS. The molecule has 0 aliphatic heterocycles. The molecule has 3 heteroatoms. The van der Waals surface area contributed by atoms with E-state index in [4.69, 9.17) is 5.11 Å². The van der Waals surface area contributed by atoms with Gasteiger partial charge in [-0.25, -0.2) is 0 Å². The van der Waals surface area contributed by atoms with Gasteiger partial charge in [0, 0.05) is 13.1 Å². The average Bonchev–Trinajstić information content (AvgIpc) is 1.89. The highest BCUT2D eigenvalue weighted by Crippen LogP contribution is 1.90. The highest BCUT2D eigenvalue weighted by molar-refractivity contribution is 7.83. The first kappa shape index (κ1) is 9.01. The second kappa shape index (κ2) is 6.13. The molecule has 0 saturated heterocycles. The summed E-state index contributed by atoms with van der Waals surface area (Å²) in [6, 6.07) is 0. The number of nitrogens with one attached hydrogen (secondary N) is 1. The van der Waals surface area contributed by atoms with E-state index in [9.17, 15) is 0 Å². The minimum Gasteiger partial charge on any atom is -0.395 e. The Bertz CT molecular complexity index is 93.1. The van der Waals surface area contributed by atoms with Crippen LogP contribution in [-0.4, -0.2) is 24.8 Å². The predicted octanol–water partition coefficient (Wildman–Crippen LogP) is 0.402. The Balaban J connectivity index is 3.07. The fourth-order valence-corrected chi connectivity index (χ4v) is 0.502. The Morgan fingerprint density at radius 3 is 2.89 bits per heavy atom. The number of rotatable bonds is 4. The average molecular weight is 147 g/mol. The van der Waals surface area contributed by atoms with Gasteiger partial charge in [-0.15, -0.1) is 0 Å². The lowest BCUT2D eigenvalue weighted by Crippen LogP contribution is -2.19. The third kappa shape index (κ3) is 5.89. The van der Waals surface area contributed by atoms with Crippen LogP contribution in [0, 0.1) is 0 Å². The van der Waals surface area contributed by atoms with Crippen molar-refractivity contribution in [3.05, 3.63) is 11.0 Å². The van der Waals surface area contributed by atoms with Crippen LogP contribution in [0.4, 0.5) is 0 Å². The largest absolute Gasteiger partial charge is 0.395 e. The van der Waals surface area contributed by atoms with Gasteiger partial charge in [-0.3, -0.25) is 0 Å². The van der Waals surface area contributed by atoms with Crippen LogP contribution in [-0.2, 0) is 0 Å². The molecule has 0 aromatic carbocycles. The van der Waals surface area contributed by atoms with E-state index >= 15 is 0 Å². The summed E-state index contributed by atoms with van der Waals surface area (Å²) < 4.78 is 0. The highest BCUT2D eigenvalue weighted by Gasteiger charge is 1.84. The Morgan fingerprint density at radius 2 is 2.44 bits per heavy atom. The number of aliphatic hydroxyl groups is 1. The summed E-state index contributed by atoms with van der Waals surface area (Å²) in [5, 5.41) is 13.1. The Morgan fingerprint density at radius 1 is 1.78 bits per heavy atom. The zero-order valence-electron chi connectivity index (χ0n) is 5.59. The maximum atomic E-state index is 8.35. The monoisotopic (exact) mass is 147 g/mol. The maximum Gasteiger partial charge on any atom is 0.0556 e. The molecule has 0 radical (unpaired) electrons. The SMILES string of the molecule is C/C(=C\S)CNCCO. The first-order valence-electron chi connectivity index (χ1n) is 2.92. The van der Waals surface area contributed by atoms with Crippen LogP contribution in [0.3, 0.4) is 0 Å². The zero-order chi connectivity index (χ0) is 7.11. The molecule has 0 aliphatic carbocycles. The molecule has 0 aliphatic rings. The van der Waals surface area contributed by atoms with Crippen LogP contribution in [0.5, 0.6) is 0 Å². The zero-order valence-corrected chi connectivity index (χ0v) is 6.49.